The number of non-ortho nitro benzene ring substituents is 1. The smallest absolute Gasteiger partial charge is 0.271 e. The van der Waals surface area contributed by atoms with E-state index in [0.29, 0.717) is 17.9 Å². The number of nitro groups is 1. The number of nitro benzene ring substituents is 1. The first-order chi connectivity index (χ1) is 15.0. The molecule has 8 nitrogen and oxygen atoms in total. The Hall–Kier alpha value is -4.20. The Morgan fingerprint density at radius 2 is 1.81 bits per heavy atom. The average molecular weight is 417 g/mol. The van der Waals surface area contributed by atoms with Gasteiger partial charge in [-0.25, -0.2) is 0 Å². The highest BCUT2D eigenvalue weighted by Crippen LogP contribution is 2.35. The number of carbonyl (C=O) groups excluding carboxylic acids is 2. The van der Waals surface area contributed by atoms with Gasteiger partial charge in [0.05, 0.1) is 10.6 Å². The van der Waals surface area contributed by atoms with E-state index in [-0.39, 0.29) is 24.5 Å². The summed E-state index contributed by atoms with van der Waals surface area (Å²) in [6.45, 7) is -0.515. The number of hydrogen-bond donors (Lipinski definition) is 1. The van der Waals surface area contributed by atoms with Crippen molar-refractivity contribution in [1.82, 2.24) is 0 Å². The van der Waals surface area contributed by atoms with Crippen molar-refractivity contribution in [2.24, 2.45) is 0 Å². The maximum absolute atomic E-state index is 12.8. The molecule has 8 heteroatoms. The summed E-state index contributed by atoms with van der Waals surface area (Å²) >= 11 is 0. The molecule has 2 amide bonds. The van der Waals surface area contributed by atoms with Crippen molar-refractivity contribution < 1.29 is 19.2 Å². The third-order valence-corrected chi connectivity index (χ3v) is 4.93. The lowest BCUT2D eigenvalue weighted by molar-refractivity contribution is -0.384. The van der Waals surface area contributed by atoms with Crippen LogP contribution in [0.1, 0.15) is 11.1 Å². The van der Waals surface area contributed by atoms with Crippen LogP contribution in [0.2, 0.25) is 0 Å². The first-order valence-electron chi connectivity index (χ1n) is 9.64. The molecule has 1 N–H and O–H groups in total. The van der Waals surface area contributed by atoms with Gasteiger partial charge >= 0.3 is 0 Å². The van der Waals surface area contributed by atoms with E-state index in [1.54, 1.807) is 6.07 Å². The van der Waals surface area contributed by atoms with Crippen molar-refractivity contribution in [3.8, 4) is 5.75 Å². The van der Waals surface area contributed by atoms with Crippen molar-refractivity contribution in [2.45, 2.75) is 6.42 Å². The monoisotopic (exact) mass is 417 g/mol. The van der Waals surface area contributed by atoms with Crippen LogP contribution in [-0.4, -0.2) is 29.9 Å². The Balaban J connectivity index is 1.53. The van der Waals surface area contributed by atoms with E-state index in [1.165, 1.54) is 23.1 Å². The van der Waals surface area contributed by atoms with Crippen LogP contribution in [-0.2, 0) is 16.0 Å². The predicted octanol–water partition coefficient (Wildman–Crippen LogP) is 3.55. The van der Waals surface area contributed by atoms with Crippen molar-refractivity contribution in [3.05, 3.63) is 94.0 Å². The Labute approximate surface area is 178 Å². The molecule has 0 spiro atoms. The van der Waals surface area contributed by atoms with E-state index in [0.717, 1.165) is 11.1 Å². The number of carbonyl (C=O) groups is 2. The minimum Gasteiger partial charge on any atom is -0.482 e. The third kappa shape index (κ3) is 4.53. The second kappa shape index (κ2) is 8.66. The molecule has 3 aromatic rings. The fraction of sp³-hybridized carbons (Fsp3) is 0.130. The lowest BCUT2D eigenvalue weighted by atomic mass is 10.0. The van der Waals surface area contributed by atoms with Crippen LogP contribution in [0.3, 0.4) is 0 Å². The predicted molar refractivity (Wildman–Crippen MR) is 115 cm³/mol. The first-order valence-corrected chi connectivity index (χ1v) is 9.64. The van der Waals surface area contributed by atoms with E-state index >= 15 is 0 Å². The second-order valence-electron chi connectivity index (χ2n) is 7.05. The summed E-state index contributed by atoms with van der Waals surface area (Å²) in [5.74, 6) is -0.531. The summed E-state index contributed by atoms with van der Waals surface area (Å²) in [5, 5.41) is 14.0. The standard InChI is InChI=1S/C23H19N3O5/c27-22(24-19-9-5-4-8-17(19)12-16-6-2-1-3-7-16)14-25-20-13-18(26(29)30)10-11-21(20)31-15-23(25)28/h1-11,13H,12,14-15H2,(H,24,27). The number of para-hydroxylation sites is 1. The molecule has 156 valence electrons. The highest BCUT2D eigenvalue weighted by Gasteiger charge is 2.29. The van der Waals surface area contributed by atoms with E-state index < -0.39 is 16.7 Å². The molecule has 0 saturated carbocycles. The van der Waals surface area contributed by atoms with E-state index in [4.69, 9.17) is 4.74 Å². The van der Waals surface area contributed by atoms with Gasteiger partial charge in [0.1, 0.15) is 12.3 Å². The van der Waals surface area contributed by atoms with E-state index in [1.807, 2.05) is 48.5 Å². The molecule has 1 heterocycles. The number of nitrogens with one attached hydrogen (secondary N) is 1. The number of amides is 2. The lowest BCUT2D eigenvalue weighted by Crippen LogP contribution is -2.43. The van der Waals surface area contributed by atoms with E-state index in [9.17, 15) is 19.7 Å². The number of benzene rings is 3. The molecule has 31 heavy (non-hydrogen) atoms. The van der Waals surface area contributed by atoms with Crippen LogP contribution in [0.4, 0.5) is 17.1 Å². The van der Waals surface area contributed by atoms with E-state index in [2.05, 4.69) is 5.32 Å². The van der Waals surface area contributed by atoms with Crippen LogP contribution < -0.4 is 15.0 Å². The quantitative estimate of drug-likeness (QED) is 0.488. The van der Waals surface area contributed by atoms with Crippen molar-refractivity contribution in [3.63, 3.8) is 0 Å². The Kier molecular flexibility index (Phi) is 5.61. The fourth-order valence-corrected chi connectivity index (χ4v) is 3.42. The summed E-state index contributed by atoms with van der Waals surface area (Å²) in [4.78, 5) is 36.9. The minimum absolute atomic E-state index is 0.185. The molecule has 0 aliphatic carbocycles. The Morgan fingerprint density at radius 3 is 2.58 bits per heavy atom. The molecule has 0 saturated heterocycles. The normalized spacial score (nSPS) is 12.6. The maximum atomic E-state index is 12.8. The van der Waals surface area contributed by atoms with Gasteiger partial charge in [0.25, 0.3) is 11.6 Å². The molecule has 3 aromatic carbocycles. The summed E-state index contributed by atoms with van der Waals surface area (Å²) in [7, 11) is 0. The molecular formula is C23H19N3O5. The van der Waals surface area contributed by atoms with Gasteiger partial charge < -0.3 is 10.1 Å². The molecule has 0 fully saturated rings. The molecule has 1 aliphatic heterocycles. The fourth-order valence-electron chi connectivity index (χ4n) is 3.42. The zero-order valence-corrected chi connectivity index (χ0v) is 16.5. The van der Waals surface area contributed by atoms with Gasteiger partial charge in [-0.05, 0) is 29.7 Å². The van der Waals surface area contributed by atoms with Crippen molar-refractivity contribution in [1.29, 1.82) is 0 Å². The van der Waals surface area contributed by atoms with Gasteiger partial charge in [-0.2, -0.15) is 0 Å². The van der Waals surface area contributed by atoms with Crippen LogP contribution in [0, 0.1) is 10.1 Å². The highest BCUT2D eigenvalue weighted by molar-refractivity contribution is 6.05. The summed E-state index contributed by atoms with van der Waals surface area (Å²) in [6.07, 6.45) is 0.642. The van der Waals surface area contributed by atoms with Crippen LogP contribution in [0.25, 0.3) is 0 Å². The van der Waals surface area contributed by atoms with Crippen LogP contribution in [0.15, 0.2) is 72.8 Å². The number of anilines is 2. The maximum Gasteiger partial charge on any atom is 0.271 e. The van der Waals surface area contributed by atoms with Gasteiger partial charge in [0.15, 0.2) is 6.61 Å². The Bertz CT molecular complexity index is 1150. The van der Waals surface area contributed by atoms with Gasteiger partial charge in [-0.3, -0.25) is 24.6 Å². The zero-order chi connectivity index (χ0) is 21.8. The van der Waals surface area contributed by atoms with Gasteiger partial charge in [-0.1, -0.05) is 48.5 Å². The summed E-state index contributed by atoms with van der Waals surface area (Å²) in [5.41, 5.74) is 2.71. The largest absolute Gasteiger partial charge is 0.482 e. The minimum atomic E-state index is -0.558. The number of ether oxygens (including phenoxy) is 1. The number of fused-ring (bicyclic) bond motifs is 1. The van der Waals surface area contributed by atoms with Crippen LogP contribution >= 0.6 is 0 Å². The number of hydrogen-bond acceptors (Lipinski definition) is 5. The van der Waals surface area contributed by atoms with Gasteiger partial charge in [0.2, 0.25) is 5.91 Å². The Morgan fingerprint density at radius 1 is 1.06 bits per heavy atom. The number of nitrogens with zero attached hydrogens (tertiary/aromatic N) is 2. The van der Waals surface area contributed by atoms with Gasteiger partial charge in [0, 0.05) is 17.8 Å². The molecule has 0 aromatic heterocycles. The lowest BCUT2D eigenvalue weighted by Gasteiger charge is -2.28. The topological polar surface area (TPSA) is 102 Å². The van der Waals surface area contributed by atoms with Crippen molar-refractivity contribution in [2.75, 3.05) is 23.4 Å². The zero-order valence-electron chi connectivity index (χ0n) is 16.5. The molecule has 1 aliphatic rings. The van der Waals surface area contributed by atoms with Crippen molar-refractivity contribution >= 4 is 28.9 Å². The second-order valence-corrected chi connectivity index (χ2v) is 7.05. The SMILES string of the molecule is O=C(CN1C(=O)COc2ccc([N+](=O)[O-])cc21)Nc1ccccc1Cc1ccccc1. The average Bonchev–Trinajstić information content (AvgIpc) is 2.77. The molecule has 4 rings (SSSR count). The summed E-state index contributed by atoms with van der Waals surface area (Å²) < 4.78 is 5.34. The first kappa shape index (κ1) is 20.1. The van der Waals surface area contributed by atoms with Gasteiger partial charge in [-0.15, -0.1) is 0 Å². The highest BCUT2D eigenvalue weighted by atomic mass is 16.6. The molecule has 0 radical (unpaired) electrons. The molecular weight excluding hydrogens is 398 g/mol. The third-order valence-electron chi connectivity index (χ3n) is 4.93. The number of rotatable bonds is 6. The summed E-state index contributed by atoms with van der Waals surface area (Å²) in [6, 6.07) is 21.3. The molecule has 0 atom stereocenters. The molecule has 0 bridgehead atoms. The molecule has 0 unspecified atom stereocenters. The van der Waals surface area contributed by atoms with Crippen LogP contribution in [0.5, 0.6) is 5.75 Å².